The molecular weight excluding hydrogens is 332 g/mol. The molecule has 2 fully saturated rings. The molecule has 0 unspecified atom stereocenters. The number of rotatable bonds is 13. The van der Waals surface area contributed by atoms with Crippen molar-refractivity contribution >= 4 is 6.47 Å². The molecule has 27 heavy (non-hydrogen) atoms. The molecule has 2 saturated carbocycles. The van der Waals surface area contributed by atoms with Gasteiger partial charge < -0.3 is 4.74 Å². The quantitative estimate of drug-likeness (QED) is 0.288. The topological polar surface area (TPSA) is 26.3 Å². The van der Waals surface area contributed by atoms with Crippen LogP contribution in [0, 0.1) is 19.3 Å². The van der Waals surface area contributed by atoms with E-state index in [0.29, 0.717) is 11.9 Å². The summed E-state index contributed by atoms with van der Waals surface area (Å²) in [5.41, 5.74) is 6.66. The molecule has 0 N–H and O–H groups in total. The molecular formula is C25H38O2. The predicted octanol–water partition coefficient (Wildman–Crippen LogP) is 6.62. The number of carbonyl (C=O) groups excluding carboxylic acids is 1. The Balaban J connectivity index is 1.38. The molecule has 2 heteroatoms. The largest absolute Gasteiger partial charge is 0.461 e. The van der Waals surface area contributed by atoms with Crippen LogP contribution in [-0.4, -0.2) is 12.1 Å². The third-order valence-electron chi connectivity index (χ3n) is 7.28. The smallest absolute Gasteiger partial charge is 0.293 e. The number of aryl methyl sites for hydroxylation is 2. The van der Waals surface area contributed by atoms with Gasteiger partial charge in [-0.25, -0.2) is 0 Å². The van der Waals surface area contributed by atoms with Crippen LogP contribution in [0.4, 0.5) is 0 Å². The summed E-state index contributed by atoms with van der Waals surface area (Å²) < 4.78 is 5.25. The lowest BCUT2D eigenvalue weighted by Gasteiger charge is -2.15. The fraction of sp³-hybridized carbons (Fsp3) is 0.720. The zero-order valence-electron chi connectivity index (χ0n) is 17.7. The summed E-state index contributed by atoms with van der Waals surface area (Å²) >= 11 is 0. The van der Waals surface area contributed by atoms with Gasteiger partial charge in [-0.1, -0.05) is 31.9 Å². The van der Waals surface area contributed by atoms with Gasteiger partial charge in [0.2, 0.25) is 0 Å². The summed E-state index contributed by atoms with van der Waals surface area (Å²) in [6.07, 6.45) is 16.3. The molecule has 0 aliphatic heterocycles. The SMILES string of the molecule is Cc1c(CCCCCC2(C)CC2)ccc(CCCCC2(OC=O)CC2)c1C. The van der Waals surface area contributed by atoms with Gasteiger partial charge in [-0.15, -0.1) is 0 Å². The van der Waals surface area contributed by atoms with E-state index in [2.05, 4.69) is 32.9 Å². The van der Waals surface area contributed by atoms with E-state index in [9.17, 15) is 4.79 Å². The monoisotopic (exact) mass is 370 g/mol. The minimum absolute atomic E-state index is 0.0898. The van der Waals surface area contributed by atoms with Crippen LogP contribution in [0.25, 0.3) is 0 Å². The van der Waals surface area contributed by atoms with E-state index in [0.717, 1.165) is 32.1 Å². The number of unbranched alkanes of at least 4 members (excludes halogenated alkanes) is 3. The molecule has 2 aliphatic carbocycles. The lowest BCUT2D eigenvalue weighted by Crippen LogP contribution is -2.12. The van der Waals surface area contributed by atoms with Crippen molar-refractivity contribution in [1.82, 2.24) is 0 Å². The van der Waals surface area contributed by atoms with Crippen molar-refractivity contribution in [3.8, 4) is 0 Å². The van der Waals surface area contributed by atoms with Crippen LogP contribution in [0.1, 0.15) is 99.8 Å². The van der Waals surface area contributed by atoms with Crippen LogP contribution >= 0.6 is 0 Å². The fourth-order valence-corrected chi connectivity index (χ4v) is 4.41. The molecule has 2 aliphatic rings. The van der Waals surface area contributed by atoms with Gasteiger partial charge in [-0.3, -0.25) is 4.79 Å². The Morgan fingerprint density at radius 3 is 1.93 bits per heavy atom. The Hall–Kier alpha value is -1.31. The van der Waals surface area contributed by atoms with Gasteiger partial charge in [0.1, 0.15) is 5.60 Å². The Kier molecular flexibility index (Phi) is 6.65. The van der Waals surface area contributed by atoms with Crippen molar-refractivity contribution in [1.29, 1.82) is 0 Å². The van der Waals surface area contributed by atoms with E-state index >= 15 is 0 Å². The molecule has 1 aromatic rings. The molecule has 0 amide bonds. The van der Waals surface area contributed by atoms with Crippen molar-refractivity contribution in [3.05, 3.63) is 34.4 Å². The minimum atomic E-state index is -0.0898. The van der Waals surface area contributed by atoms with Crippen LogP contribution in [0.5, 0.6) is 0 Å². The molecule has 0 heterocycles. The highest BCUT2D eigenvalue weighted by Gasteiger charge is 2.44. The molecule has 3 rings (SSSR count). The maximum absolute atomic E-state index is 10.6. The highest BCUT2D eigenvalue weighted by atomic mass is 16.5. The van der Waals surface area contributed by atoms with Crippen LogP contribution in [-0.2, 0) is 22.4 Å². The minimum Gasteiger partial charge on any atom is -0.461 e. The molecule has 2 nitrogen and oxygen atoms in total. The van der Waals surface area contributed by atoms with E-state index in [1.54, 1.807) is 5.56 Å². The van der Waals surface area contributed by atoms with Crippen molar-refractivity contribution in [2.75, 3.05) is 0 Å². The second kappa shape index (κ2) is 8.80. The maximum Gasteiger partial charge on any atom is 0.293 e. The van der Waals surface area contributed by atoms with Gasteiger partial charge in [-0.05, 0) is 112 Å². The fourth-order valence-electron chi connectivity index (χ4n) is 4.41. The summed E-state index contributed by atoms with van der Waals surface area (Å²) in [5, 5.41) is 0. The lowest BCUT2D eigenvalue weighted by molar-refractivity contribution is -0.135. The number of ether oxygens (including phenoxy) is 1. The molecule has 0 atom stereocenters. The van der Waals surface area contributed by atoms with E-state index in [4.69, 9.17) is 4.74 Å². The van der Waals surface area contributed by atoms with E-state index in [1.807, 2.05) is 0 Å². The predicted molar refractivity (Wildman–Crippen MR) is 112 cm³/mol. The zero-order valence-corrected chi connectivity index (χ0v) is 17.7. The Morgan fingerprint density at radius 1 is 0.852 bits per heavy atom. The van der Waals surface area contributed by atoms with Gasteiger partial charge in [0.25, 0.3) is 6.47 Å². The second-order valence-corrected chi connectivity index (χ2v) is 9.61. The normalized spacial score (nSPS) is 18.9. The van der Waals surface area contributed by atoms with Crippen LogP contribution in [0.2, 0.25) is 0 Å². The molecule has 0 saturated heterocycles. The first-order valence-electron chi connectivity index (χ1n) is 11.2. The average Bonchev–Trinajstić information content (AvgIpc) is 3.56. The Labute approximate surface area is 166 Å². The number of hydrogen-bond acceptors (Lipinski definition) is 2. The van der Waals surface area contributed by atoms with Crippen molar-refractivity contribution in [2.24, 2.45) is 5.41 Å². The molecule has 1 aromatic carbocycles. The second-order valence-electron chi connectivity index (χ2n) is 9.61. The summed E-state index contributed by atoms with van der Waals surface area (Å²) in [6.45, 7) is 7.67. The number of carbonyl (C=O) groups is 1. The molecule has 0 aromatic heterocycles. The third kappa shape index (κ3) is 5.83. The standard InChI is InChI=1S/C25H38O2/c1-20-21(2)23(10-6-8-14-25(17-18-25)27-19-26)12-11-22(20)9-5-4-7-13-24(3)15-16-24/h11-12,19H,4-10,13-18H2,1-3H3. The summed E-state index contributed by atoms with van der Waals surface area (Å²) in [5.74, 6) is 0. The first kappa shape index (κ1) is 20.4. The third-order valence-corrected chi connectivity index (χ3v) is 7.28. The molecule has 0 radical (unpaired) electrons. The van der Waals surface area contributed by atoms with Crippen LogP contribution in [0.15, 0.2) is 12.1 Å². The Morgan fingerprint density at radius 2 is 1.41 bits per heavy atom. The van der Waals surface area contributed by atoms with Gasteiger partial charge in [0.05, 0.1) is 0 Å². The first-order valence-corrected chi connectivity index (χ1v) is 11.2. The van der Waals surface area contributed by atoms with Gasteiger partial charge in [-0.2, -0.15) is 0 Å². The van der Waals surface area contributed by atoms with E-state index < -0.39 is 0 Å². The van der Waals surface area contributed by atoms with Crippen molar-refractivity contribution < 1.29 is 9.53 Å². The van der Waals surface area contributed by atoms with Crippen LogP contribution < -0.4 is 0 Å². The highest BCUT2D eigenvalue weighted by Crippen LogP contribution is 2.49. The zero-order chi connectivity index (χ0) is 19.3. The highest BCUT2D eigenvalue weighted by molar-refractivity contribution is 5.40. The summed E-state index contributed by atoms with van der Waals surface area (Å²) in [7, 11) is 0. The van der Waals surface area contributed by atoms with E-state index in [-0.39, 0.29) is 5.60 Å². The summed E-state index contributed by atoms with van der Waals surface area (Å²) in [6, 6.07) is 4.73. The van der Waals surface area contributed by atoms with Gasteiger partial charge in [0, 0.05) is 0 Å². The van der Waals surface area contributed by atoms with E-state index in [1.165, 1.54) is 68.1 Å². The number of benzene rings is 1. The van der Waals surface area contributed by atoms with Crippen molar-refractivity contribution in [3.63, 3.8) is 0 Å². The van der Waals surface area contributed by atoms with Gasteiger partial charge in [0.15, 0.2) is 0 Å². The van der Waals surface area contributed by atoms with Gasteiger partial charge >= 0.3 is 0 Å². The average molecular weight is 371 g/mol. The lowest BCUT2D eigenvalue weighted by atomic mass is 9.92. The molecule has 0 bridgehead atoms. The first-order chi connectivity index (χ1) is 13.0. The molecule has 150 valence electrons. The summed E-state index contributed by atoms with van der Waals surface area (Å²) in [4.78, 5) is 10.6. The Bertz CT molecular complexity index is 638. The maximum atomic E-state index is 10.6. The van der Waals surface area contributed by atoms with Crippen molar-refractivity contribution in [2.45, 2.75) is 110 Å². The molecule has 0 spiro atoms. The number of hydrogen-bond donors (Lipinski definition) is 0. The van der Waals surface area contributed by atoms with Crippen LogP contribution in [0.3, 0.4) is 0 Å².